The molecule has 2 aliphatic rings. The van der Waals surface area contributed by atoms with Crippen molar-refractivity contribution in [3.8, 4) is 5.75 Å². The van der Waals surface area contributed by atoms with Crippen molar-refractivity contribution in [1.29, 1.82) is 0 Å². The molecule has 0 amide bonds. The van der Waals surface area contributed by atoms with Gasteiger partial charge in [-0.25, -0.2) is 0 Å². The number of halogens is 1. The first kappa shape index (κ1) is 8.74. The predicted molar refractivity (Wildman–Crippen MR) is 56.1 cm³/mol. The summed E-state index contributed by atoms with van der Waals surface area (Å²) < 4.78 is 12.7. The zero-order chi connectivity index (χ0) is 9.60. The van der Waals surface area contributed by atoms with Gasteiger partial charge in [-0.3, -0.25) is 0 Å². The Morgan fingerprint density at radius 3 is 2.86 bits per heavy atom. The van der Waals surface area contributed by atoms with E-state index < -0.39 is 0 Å². The van der Waals surface area contributed by atoms with E-state index >= 15 is 0 Å². The molecule has 0 bridgehead atoms. The highest BCUT2D eigenvalue weighted by Crippen LogP contribution is 2.44. The van der Waals surface area contributed by atoms with E-state index in [1.54, 1.807) is 0 Å². The molecule has 0 radical (unpaired) electrons. The summed E-state index contributed by atoms with van der Waals surface area (Å²) in [5, 5.41) is 0. The van der Waals surface area contributed by atoms with Gasteiger partial charge >= 0.3 is 0 Å². The lowest BCUT2D eigenvalue weighted by molar-refractivity contribution is -0.248. The van der Waals surface area contributed by atoms with Gasteiger partial charge in [-0.1, -0.05) is 22.0 Å². The lowest BCUT2D eigenvalue weighted by Crippen LogP contribution is -2.47. The maximum absolute atomic E-state index is 5.88. The zero-order valence-electron chi connectivity index (χ0n) is 7.75. The fourth-order valence-corrected chi connectivity index (χ4v) is 2.38. The SMILES string of the molecule is Brc1cccc2c1COC1(CCC1)O2. The largest absolute Gasteiger partial charge is 0.462 e. The molecule has 1 aliphatic heterocycles. The Balaban J connectivity index is 1.98. The molecule has 3 heteroatoms. The molecule has 14 heavy (non-hydrogen) atoms. The third-order valence-corrected chi connectivity index (χ3v) is 3.71. The topological polar surface area (TPSA) is 18.5 Å². The molecule has 1 saturated carbocycles. The Morgan fingerprint density at radius 1 is 1.29 bits per heavy atom. The van der Waals surface area contributed by atoms with E-state index in [4.69, 9.17) is 9.47 Å². The van der Waals surface area contributed by atoms with Crippen LogP contribution < -0.4 is 4.74 Å². The smallest absolute Gasteiger partial charge is 0.210 e. The van der Waals surface area contributed by atoms with E-state index in [0.29, 0.717) is 6.61 Å². The van der Waals surface area contributed by atoms with E-state index in [2.05, 4.69) is 15.9 Å². The zero-order valence-corrected chi connectivity index (χ0v) is 9.34. The van der Waals surface area contributed by atoms with Crippen molar-refractivity contribution >= 4 is 15.9 Å². The molecular formula is C11H11BrO2. The Kier molecular flexibility index (Phi) is 1.86. The van der Waals surface area contributed by atoms with Crippen LogP contribution in [0.25, 0.3) is 0 Å². The van der Waals surface area contributed by atoms with E-state index in [0.717, 1.165) is 28.6 Å². The molecule has 1 fully saturated rings. The summed E-state index contributed by atoms with van der Waals surface area (Å²) in [5.41, 5.74) is 1.13. The van der Waals surface area contributed by atoms with Gasteiger partial charge in [0.1, 0.15) is 5.75 Å². The van der Waals surface area contributed by atoms with Gasteiger partial charge in [0.15, 0.2) is 0 Å². The number of rotatable bonds is 0. The van der Waals surface area contributed by atoms with Crippen molar-refractivity contribution in [3.05, 3.63) is 28.2 Å². The second-order valence-electron chi connectivity index (χ2n) is 3.87. The summed E-state index contributed by atoms with van der Waals surface area (Å²) in [6.07, 6.45) is 3.27. The van der Waals surface area contributed by atoms with Gasteiger partial charge in [-0.05, 0) is 18.6 Å². The quantitative estimate of drug-likeness (QED) is 0.708. The second kappa shape index (κ2) is 2.97. The summed E-state index contributed by atoms with van der Waals surface area (Å²) in [6, 6.07) is 6.04. The summed E-state index contributed by atoms with van der Waals surface area (Å²) in [6.45, 7) is 0.663. The molecule has 74 valence electrons. The van der Waals surface area contributed by atoms with E-state index in [9.17, 15) is 0 Å². The highest BCUT2D eigenvalue weighted by atomic mass is 79.9. The van der Waals surface area contributed by atoms with E-state index in [-0.39, 0.29) is 5.79 Å². The van der Waals surface area contributed by atoms with Crippen molar-refractivity contribution in [1.82, 2.24) is 0 Å². The second-order valence-corrected chi connectivity index (χ2v) is 4.73. The van der Waals surface area contributed by atoms with Crippen molar-refractivity contribution in [3.63, 3.8) is 0 Å². The number of benzene rings is 1. The molecule has 1 aromatic carbocycles. The maximum atomic E-state index is 5.88. The normalized spacial score (nSPS) is 22.4. The highest BCUT2D eigenvalue weighted by molar-refractivity contribution is 9.10. The highest BCUT2D eigenvalue weighted by Gasteiger charge is 2.43. The van der Waals surface area contributed by atoms with Gasteiger partial charge in [0.05, 0.1) is 6.61 Å². The van der Waals surface area contributed by atoms with Crippen LogP contribution in [0.4, 0.5) is 0 Å². The molecule has 3 rings (SSSR count). The van der Waals surface area contributed by atoms with Crippen LogP contribution in [0.15, 0.2) is 22.7 Å². The van der Waals surface area contributed by atoms with Crippen LogP contribution in [0.3, 0.4) is 0 Å². The van der Waals surface area contributed by atoms with Crippen LogP contribution in [0, 0.1) is 0 Å². The van der Waals surface area contributed by atoms with Crippen molar-refractivity contribution in [2.24, 2.45) is 0 Å². The number of hydrogen-bond acceptors (Lipinski definition) is 2. The molecule has 0 aromatic heterocycles. The minimum atomic E-state index is -0.284. The third kappa shape index (κ3) is 1.19. The van der Waals surface area contributed by atoms with Gasteiger partial charge in [-0.15, -0.1) is 0 Å². The van der Waals surface area contributed by atoms with Crippen LogP contribution in [0.2, 0.25) is 0 Å². The van der Waals surface area contributed by atoms with Gasteiger partial charge in [0.25, 0.3) is 0 Å². The lowest BCUT2D eigenvalue weighted by atomic mass is 9.90. The molecule has 1 spiro atoms. The van der Waals surface area contributed by atoms with Crippen LogP contribution in [-0.2, 0) is 11.3 Å². The summed E-state index contributed by atoms with van der Waals surface area (Å²) in [5.74, 6) is 0.693. The molecule has 2 nitrogen and oxygen atoms in total. The Morgan fingerprint density at radius 2 is 2.14 bits per heavy atom. The molecule has 1 heterocycles. The molecule has 0 atom stereocenters. The van der Waals surface area contributed by atoms with Crippen molar-refractivity contribution in [2.75, 3.05) is 0 Å². The third-order valence-electron chi connectivity index (χ3n) is 2.97. The van der Waals surface area contributed by atoms with Gasteiger partial charge in [-0.2, -0.15) is 0 Å². The monoisotopic (exact) mass is 254 g/mol. The fourth-order valence-electron chi connectivity index (χ4n) is 1.92. The molecule has 0 N–H and O–H groups in total. The predicted octanol–water partition coefficient (Wildman–Crippen LogP) is 3.24. The first-order valence-electron chi connectivity index (χ1n) is 4.89. The van der Waals surface area contributed by atoms with Crippen LogP contribution >= 0.6 is 15.9 Å². The maximum Gasteiger partial charge on any atom is 0.210 e. The molecule has 0 unspecified atom stereocenters. The minimum absolute atomic E-state index is 0.284. The van der Waals surface area contributed by atoms with Gasteiger partial charge < -0.3 is 9.47 Å². The van der Waals surface area contributed by atoms with Crippen LogP contribution in [-0.4, -0.2) is 5.79 Å². The Hall–Kier alpha value is -0.540. The number of hydrogen-bond donors (Lipinski definition) is 0. The summed E-state index contributed by atoms with van der Waals surface area (Å²) in [4.78, 5) is 0. The molecule has 1 aromatic rings. The Labute approximate surface area is 91.3 Å². The number of fused-ring (bicyclic) bond motifs is 1. The first-order valence-corrected chi connectivity index (χ1v) is 5.69. The number of ether oxygens (including phenoxy) is 2. The fraction of sp³-hybridized carbons (Fsp3) is 0.455. The summed E-state index contributed by atoms with van der Waals surface area (Å²) >= 11 is 3.50. The molecule has 1 aliphatic carbocycles. The molecular weight excluding hydrogens is 244 g/mol. The van der Waals surface area contributed by atoms with Gasteiger partial charge in [0, 0.05) is 22.9 Å². The lowest BCUT2D eigenvalue weighted by Gasteiger charge is -2.44. The van der Waals surface area contributed by atoms with Crippen LogP contribution in [0.5, 0.6) is 5.75 Å². The van der Waals surface area contributed by atoms with Gasteiger partial charge in [0.2, 0.25) is 5.79 Å². The molecule has 0 saturated heterocycles. The standard InChI is InChI=1S/C11H11BrO2/c12-9-3-1-4-10-8(9)7-13-11(14-10)5-2-6-11/h1,3-4H,2,5-7H2. The van der Waals surface area contributed by atoms with E-state index in [1.807, 2.05) is 18.2 Å². The average molecular weight is 255 g/mol. The van der Waals surface area contributed by atoms with Crippen LogP contribution in [0.1, 0.15) is 24.8 Å². The Bertz CT molecular complexity index is 372. The van der Waals surface area contributed by atoms with E-state index in [1.165, 1.54) is 6.42 Å². The average Bonchev–Trinajstić information content (AvgIpc) is 2.15. The van der Waals surface area contributed by atoms with Crippen molar-refractivity contribution in [2.45, 2.75) is 31.7 Å². The first-order chi connectivity index (χ1) is 6.79. The van der Waals surface area contributed by atoms with Crippen molar-refractivity contribution < 1.29 is 9.47 Å². The summed E-state index contributed by atoms with van der Waals surface area (Å²) in [7, 11) is 0. The minimum Gasteiger partial charge on any atom is -0.462 e.